The third kappa shape index (κ3) is 4.64. The van der Waals surface area contributed by atoms with Crippen LogP contribution in [-0.4, -0.2) is 43.0 Å². The zero-order valence-electron chi connectivity index (χ0n) is 21.1. The van der Waals surface area contributed by atoms with Crippen molar-refractivity contribution in [3.05, 3.63) is 64.0 Å². The van der Waals surface area contributed by atoms with Crippen LogP contribution in [-0.2, 0) is 18.0 Å². The third-order valence-corrected chi connectivity index (χ3v) is 7.19. The molecule has 204 valence electrons. The fourth-order valence-corrected chi connectivity index (χ4v) is 4.92. The van der Waals surface area contributed by atoms with Gasteiger partial charge in [-0.3, -0.25) is 14.0 Å². The number of methoxy groups -OCH3 is 1. The van der Waals surface area contributed by atoms with Gasteiger partial charge in [-0.25, -0.2) is 19.3 Å². The summed E-state index contributed by atoms with van der Waals surface area (Å²) in [5.41, 5.74) is -1.14. The van der Waals surface area contributed by atoms with Crippen molar-refractivity contribution in [2.45, 2.75) is 49.9 Å². The Hall–Kier alpha value is -3.87. The number of alkyl halides is 3. The molecule has 4 aromatic rings. The number of fused-ring (bicyclic) bond motifs is 1. The smallest absolute Gasteiger partial charge is 0.449 e. The molecule has 1 saturated carbocycles. The summed E-state index contributed by atoms with van der Waals surface area (Å²) in [6.45, 7) is 0.376. The molecule has 4 heterocycles. The maximum Gasteiger partial charge on any atom is 0.449 e. The quantitative estimate of drug-likeness (QED) is 0.336. The summed E-state index contributed by atoms with van der Waals surface area (Å²) in [6.07, 6.45) is 1.65. The average molecular weight is 545 g/mol. The first-order valence-electron chi connectivity index (χ1n) is 12.5. The highest BCUT2D eigenvalue weighted by atomic mass is 19.4. The lowest BCUT2D eigenvalue weighted by Gasteiger charge is -2.28. The molecule has 2 fully saturated rings. The Balaban J connectivity index is 1.48. The number of halogens is 4. The molecule has 0 N–H and O–H groups in total. The van der Waals surface area contributed by atoms with E-state index in [2.05, 4.69) is 20.1 Å². The van der Waals surface area contributed by atoms with E-state index in [1.807, 2.05) is 10.9 Å². The first-order valence-corrected chi connectivity index (χ1v) is 12.5. The predicted molar refractivity (Wildman–Crippen MR) is 131 cm³/mol. The summed E-state index contributed by atoms with van der Waals surface area (Å²) in [5.74, 6) is -2.08. The average Bonchev–Trinajstić information content (AvgIpc) is 3.65. The van der Waals surface area contributed by atoms with E-state index < -0.39 is 28.9 Å². The minimum atomic E-state index is -4.92. The Bertz CT molecular complexity index is 1630. The van der Waals surface area contributed by atoms with Crippen LogP contribution < -0.4 is 10.3 Å². The minimum Gasteiger partial charge on any atom is -0.497 e. The molecule has 1 aliphatic heterocycles. The summed E-state index contributed by atoms with van der Waals surface area (Å²) < 4.78 is 69.7. The number of hydrogen-bond donors (Lipinski definition) is 0. The van der Waals surface area contributed by atoms with Gasteiger partial charge in [0.15, 0.2) is 5.52 Å². The maximum absolute atomic E-state index is 15.2. The molecular formula is C26H24F4N6O3. The minimum absolute atomic E-state index is 0.118. The summed E-state index contributed by atoms with van der Waals surface area (Å²) >= 11 is 0. The van der Waals surface area contributed by atoms with Crippen molar-refractivity contribution in [2.75, 3.05) is 13.7 Å². The zero-order chi connectivity index (χ0) is 27.5. The van der Waals surface area contributed by atoms with Crippen LogP contribution in [0.1, 0.15) is 61.0 Å². The largest absolute Gasteiger partial charge is 0.497 e. The highest BCUT2D eigenvalue weighted by Gasteiger charge is 2.38. The number of benzene rings is 1. The van der Waals surface area contributed by atoms with Crippen LogP contribution in [0.25, 0.3) is 22.3 Å². The molecule has 1 aliphatic carbocycles. The predicted octanol–water partition coefficient (Wildman–Crippen LogP) is 4.72. The van der Waals surface area contributed by atoms with Crippen molar-refractivity contribution >= 4 is 11.0 Å². The molecule has 9 nitrogen and oxygen atoms in total. The molecule has 39 heavy (non-hydrogen) atoms. The summed E-state index contributed by atoms with van der Waals surface area (Å²) in [6, 6.07) is 4.30. The van der Waals surface area contributed by atoms with Crippen LogP contribution in [0.2, 0.25) is 0 Å². The van der Waals surface area contributed by atoms with Gasteiger partial charge < -0.3 is 9.47 Å². The number of ether oxygens (including phenoxy) is 2. The van der Waals surface area contributed by atoms with Gasteiger partial charge in [0.05, 0.1) is 25.5 Å². The first-order chi connectivity index (χ1) is 18.6. The number of rotatable bonds is 5. The lowest BCUT2D eigenvalue weighted by Crippen LogP contribution is -2.29. The second-order valence-corrected chi connectivity index (χ2v) is 9.84. The van der Waals surface area contributed by atoms with Gasteiger partial charge in [-0.1, -0.05) is 0 Å². The highest BCUT2D eigenvalue weighted by molar-refractivity contribution is 5.88. The Morgan fingerprint density at radius 3 is 2.59 bits per heavy atom. The lowest BCUT2D eigenvalue weighted by molar-refractivity contribution is -0.147. The first kappa shape index (κ1) is 25.4. The van der Waals surface area contributed by atoms with Crippen molar-refractivity contribution < 1.29 is 27.0 Å². The SMILES string of the molecule is COc1ccc(-c2nc([C@H]3CCO[C@@H](c4cnn(C5CC5)c4)C3)nc3c(=O)n(C)c(C(F)(F)F)nc23)c(F)c1. The van der Waals surface area contributed by atoms with Gasteiger partial charge in [0.1, 0.15) is 28.6 Å². The Morgan fingerprint density at radius 1 is 1.10 bits per heavy atom. The molecule has 1 aromatic carbocycles. The van der Waals surface area contributed by atoms with E-state index in [9.17, 15) is 18.0 Å². The van der Waals surface area contributed by atoms with Crippen LogP contribution in [0.15, 0.2) is 35.4 Å². The van der Waals surface area contributed by atoms with Gasteiger partial charge >= 0.3 is 6.18 Å². The molecule has 2 aliphatic rings. The molecule has 0 amide bonds. The number of hydrogen-bond acceptors (Lipinski definition) is 7. The topological polar surface area (TPSA) is 97.0 Å². The summed E-state index contributed by atoms with van der Waals surface area (Å²) in [4.78, 5) is 25.8. The Labute approximate surface area is 219 Å². The van der Waals surface area contributed by atoms with Gasteiger partial charge in [-0.15, -0.1) is 0 Å². The second kappa shape index (κ2) is 9.40. The molecule has 1 saturated heterocycles. The molecule has 2 atom stereocenters. The van der Waals surface area contributed by atoms with E-state index in [0.717, 1.165) is 31.5 Å². The fourth-order valence-electron chi connectivity index (χ4n) is 4.92. The van der Waals surface area contributed by atoms with Crippen molar-refractivity contribution in [2.24, 2.45) is 7.05 Å². The molecule has 0 radical (unpaired) electrons. The summed E-state index contributed by atoms with van der Waals surface area (Å²) in [7, 11) is 2.35. The number of aromatic nitrogens is 6. The molecule has 6 rings (SSSR count). The van der Waals surface area contributed by atoms with Crippen LogP contribution in [0.4, 0.5) is 17.6 Å². The van der Waals surface area contributed by atoms with E-state index in [0.29, 0.717) is 30.1 Å². The van der Waals surface area contributed by atoms with Crippen molar-refractivity contribution in [3.63, 3.8) is 0 Å². The molecule has 0 unspecified atom stereocenters. The molecule has 3 aromatic heterocycles. The summed E-state index contributed by atoms with van der Waals surface area (Å²) in [5, 5.41) is 4.43. The van der Waals surface area contributed by atoms with E-state index in [1.165, 1.54) is 19.2 Å². The molecule has 13 heteroatoms. The highest BCUT2D eigenvalue weighted by Crippen LogP contribution is 2.40. The molecule has 0 spiro atoms. The second-order valence-electron chi connectivity index (χ2n) is 9.84. The van der Waals surface area contributed by atoms with Crippen LogP contribution in [0.5, 0.6) is 5.75 Å². The Morgan fingerprint density at radius 2 is 1.90 bits per heavy atom. The normalized spacial score (nSPS) is 19.9. The zero-order valence-corrected chi connectivity index (χ0v) is 21.1. The van der Waals surface area contributed by atoms with E-state index >= 15 is 4.39 Å². The third-order valence-electron chi connectivity index (χ3n) is 7.19. The monoisotopic (exact) mass is 544 g/mol. The molecular weight excluding hydrogens is 520 g/mol. The van der Waals surface area contributed by atoms with Gasteiger partial charge in [-0.05, 0) is 37.8 Å². The van der Waals surface area contributed by atoms with Crippen molar-refractivity contribution in [1.82, 2.24) is 29.3 Å². The van der Waals surface area contributed by atoms with Crippen molar-refractivity contribution in [3.8, 4) is 17.0 Å². The van der Waals surface area contributed by atoms with Gasteiger partial charge in [0, 0.05) is 43.0 Å². The van der Waals surface area contributed by atoms with Crippen LogP contribution >= 0.6 is 0 Å². The van der Waals surface area contributed by atoms with Crippen molar-refractivity contribution in [1.29, 1.82) is 0 Å². The van der Waals surface area contributed by atoms with Crippen LogP contribution in [0, 0.1) is 5.82 Å². The maximum atomic E-state index is 15.2. The fraction of sp³-hybridized carbons (Fsp3) is 0.423. The molecule has 0 bridgehead atoms. The van der Waals surface area contributed by atoms with Crippen LogP contribution in [0.3, 0.4) is 0 Å². The van der Waals surface area contributed by atoms with Gasteiger partial charge in [-0.2, -0.15) is 18.3 Å². The lowest BCUT2D eigenvalue weighted by atomic mass is 9.92. The van der Waals surface area contributed by atoms with E-state index in [4.69, 9.17) is 9.47 Å². The van der Waals surface area contributed by atoms with E-state index in [-0.39, 0.29) is 40.4 Å². The Kier molecular flexibility index (Phi) is 6.12. The van der Waals surface area contributed by atoms with E-state index in [1.54, 1.807) is 6.20 Å². The van der Waals surface area contributed by atoms with Gasteiger partial charge in [0.2, 0.25) is 5.82 Å². The van der Waals surface area contributed by atoms with Gasteiger partial charge in [0.25, 0.3) is 5.56 Å². The number of nitrogens with zero attached hydrogens (tertiary/aromatic N) is 6. The standard InChI is InChI=1S/C26H24F4N6O3/c1-35-24(37)22-21(34-25(35)26(28,29)30)20(17-6-5-16(38-2)10-18(17)27)32-23(33-22)13-7-8-39-19(9-13)14-11-31-36(12-14)15-3-4-15/h5-6,10-13,15,19H,3-4,7-9H2,1-2H3/t13-,19+/m0/s1.